The van der Waals surface area contributed by atoms with Gasteiger partial charge in [0.2, 0.25) is 5.91 Å². The Morgan fingerprint density at radius 2 is 2.00 bits per heavy atom. The fourth-order valence-corrected chi connectivity index (χ4v) is 3.60. The van der Waals surface area contributed by atoms with E-state index in [4.69, 9.17) is 4.74 Å². The Hall–Kier alpha value is -2.08. The van der Waals surface area contributed by atoms with Crippen molar-refractivity contribution < 1.29 is 14.3 Å². The van der Waals surface area contributed by atoms with E-state index in [1.807, 2.05) is 29.2 Å². The van der Waals surface area contributed by atoms with E-state index >= 15 is 0 Å². The Balaban J connectivity index is 1.60. The fraction of sp³-hybridized carbons (Fsp3) is 0.579. The van der Waals surface area contributed by atoms with Gasteiger partial charge in [-0.3, -0.25) is 9.59 Å². The molecule has 0 bridgehead atoms. The highest BCUT2D eigenvalue weighted by Crippen LogP contribution is 2.24. The Morgan fingerprint density at radius 3 is 2.72 bits per heavy atom. The zero-order chi connectivity index (χ0) is 17.6. The van der Waals surface area contributed by atoms with Crippen molar-refractivity contribution in [3.05, 3.63) is 29.8 Å². The molecule has 2 heterocycles. The highest BCUT2D eigenvalue weighted by molar-refractivity contribution is 5.83. The fourth-order valence-electron chi connectivity index (χ4n) is 3.60. The van der Waals surface area contributed by atoms with Gasteiger partial charge >= 0.3 is 5.97 Å². The number of esters is 1. The molecule has 3 rings (SSSR count). The highest BCUT2D eigenvalue weighted by Gasteiger charge is 2.27. The summed E-state index contributed by atoms with van der Waals surface area (Å²) in [6.45, 7) is 6.61. The van der Waals surface area contributed by atoms with Gasteiger partial charge in [-0.05, 0) is 37.9 Å². The number of anilines is 1. The molecule has 1 aromatic rings. The normalized spacial score (nSPS) is 19.2. The molecule has 6 nitrogen and oxygen atoms in total. The summed E-state index contributed by atoms with van der Waals surface area (Å²) < 4.78 is 5.14. The molecule has 0 saturated carbocycles. The number of piperidine rings is 1. The number of nitrogens with one attached hydrogen (secondary N) is 1. The van der Waals surface area contributed by atoms with Crippen molar-refractivity contribution >= 4 is 17.6 Å². The monoisotopic (exact) mass is 345 g/mol. The van der Waals surface area contributed by atoms with Crippen LogP contribution in [-0.4, -0.2) is 56.0 Å². The predicted octanol–water partition coefficient (Wildman–Crippen LogP) is 1.40. The first kappa shape index (κ1) is 17.7. The third-order valence-corrected chi connectivity index (χ3v) is 5.02. The van der Waals surface area contributed by atoms with Crippen molar-refractivity contribution in [2.75, 3.05) is 44.2 Å². The van der Waals surface area contributed by atoms with Gasteiger partial charge in [-0.25, -0.2) is 0 Å². The maximum atomic E-state index is 12.6. The SMILES string of the molecule is CC(=O)OCc1ccccc1N1CCN(CC2CCNCC2)C(=O)C1. The minimum absolute atomic E-state index is 0.187. The van der Waals surface area contributed by atoms with E-state index in [1.54, 1.807) is 0 Å². The minimum atomic E-state index is -0.294. The van der Waals surface area contributed by atoms with E-state index in [2.05, 4.69) is 10.2 Å². The van der Waals surface area contributed by atoms with Crippen molar-refractivity contribution in [2.45, 2.75) is 26.4 Å². The standard InChI is InChI=1S/C19H27N3O3/c1-15(23)25-14-17-4-2-3-5-18(17)21-10-11-22(19(24)13-21)12-16-6-8-20-9-7-16/h2-5,16,20H,6-14H2,1H3. The van der Waals surface area contributed by atoms with Crippen LogP contribution in [0.25, 0.3) is 0 Å². The molecule has 2 fully saturated rings. The van der Waals surface area contributed by atoms with Crippen LogP contribution in [0, 0.1) is 5.92 Å². The predicted molar refractivity (Wildman–Crippen MR) is 96.3 cm³/mol. The van der Waals surface area contributed by atoms with Gasteiger partial charge < -0.3 is 19.9 Å². The first-order chi connectivity index (χ1) is 12.1. The Labute approximate surface area is 149 Å². The minimum Gasteiger partial charge on any atom is -0.461 e. The summed E-state index contributed by atoms with van der Waals surface area (Å²) in [5.41, 5.74) is 1.93. The van der Waals surface area contributed by atoms with Crippen LogP contribution in [-0.2, 0) is 20.9 Å². The second-order valence-corrected chi connectivity index (χ2v) is 6.86. The molecule has 1 aromatic carbocycles. The van der Waals surface area contributed by atoms with Crippen LogP contribution in [0.2, 0.25) is 0 Å². The topological polar surface area (TPSA) is 61.9 Å². The molecular weight excluding hydrogens is 318 g/mol. The summed E-state index contributed by atoms with van der Waals surface area (Å²) in [5, 5.41) is 3.37. The Bertz CT molecular complexity index is 614. The number of benzene rings is 1. The second-order valence-electron chi connectivity index (χ2n) is 6.86. The van der Waals surface area contributed by atoms with E-state index in [0.29, 0.717) is 12.5 Å². The average Bonchev–Trinajstić information content (AvgIpc) is 2.63. The lowest BCUT2D eigenvalue weighted by atomic mass is 9.97. The largest absolute Gasteiger partial charge is 0.461 e. The number of ether oxygens (including phenoxy) is 1. The van der Waals surface area contributed by atoms with Gasteiger partial charge in [0, 0.05) is 37.8 Å². The van der Waals surface area contributed by atoms with Gasteiger partial charge in [0.25, 0.3) is 0 Å². The van der Waals surface area contributed by atoms with Gasteiger partial charge in [0.1, 0.15) is 6.61 Å². The zero-order valence-electron chi connectivity index (χ0n) is 14.9. The molecule has 2 aliphatic heterocycles. The van der Waals surface area contributed by atoms with Crippen LogP contribution in [0.4, 0.5) is 5.69 Å². The van der Waals surface area contributed by atoms with Gasteiger partial charge in [0.05, 0.1) is 6.54 Å². The molecule has 0 spiro atoms. The van der Waals surface area contributed by atoms with Crippen LogP contribution in [0.5, 0.6) is 0 Å². The van der Waals surface area contributed by atoms with E-state index in [1.165, 1.54) is 6.92 Å². The average molecular weight is 345 g/mol. The summed E-state index contributed by atoms with van der Waals surface area (Å²) in [5.74, 6) is 0.512. The number of nitrogens with zero attached hydrogens (tertiary/aromatic N) is 2. The van der Waals surface area contributed by atoms with Crippen LogP contribution in [0.15, 0.2) is 24.3 Å². The number of para-hydroxylation sites is 1. The highest BCUT2D eigenvalue weighted by atomic mass is 16.5. The van der Waals surface area contributed by atoms with Crippen molar-refractivity contribution in [2.24, 2.45) is 5.92 Å². The second kappa shape index (κ2) is 8.34. The van der Waals surface area contributed by atoms with E-state index in [0.717, 1.165) is 56.8 Å². The van der Waals surface area contributed by atoms with E-state index in [-0.39, 0.29) is 18.5 Å². The van der Waals surface area contributed by atoms with Crippen LogP contribution in [0.3, 0.4) is 0 Å². The van der Waals surface area contributed by atoms with Crippen molar-refractivity contribution in [3.63, 3.8) is 0 Å². The number of hydrogen-bond acceptors (Lipinski definition) is 5. The lowest BCUT2D eigenvalue weighted by Crippen LogP contribution is -2.52. The quantitative estimate of drug-likeness (QED) is 0.818. The van der Waals surface area contributed by atoms with E-state index < -0.39 is 0 Å². The first-order valence-electron chi connectivity index (χ1n) is 9.08. The molecule has 0 aliphatic carbocycles. The summed E-state index contributed by atoms with van der Waals surface area (Å²) in [6.07, 6.45) is 2.30. The van der Waals surface area contributed by atoms with Gasteiger partial charge in [-0.15, -0.1) is 0 Å². The smallest absolute Gasteiger partial charge is 0.302 e. The number of carbonyl (C=O) groups excluding carboxylic acids is 2. The van der Waals surface area contributed by atoms with Crippen LogP contribution < -0.4 is 10.2 Å². The molecule has 136 valence electrons. The molecule has 2 aliphatic rings. The lowest BCUT2D eigenvalue weighted by Gasteiger charge is -2.38. The Morgan fingerprint density at radius 1 is 1.24 bits per heavy atom. The van der Waals surface area contributed by atoms with Gasteiger partial charge in [0.15, 0.2) is 0 Å². The van der Waals surface area contributed by atoms with Crippen molar-refractivity contribution in [3.8, 4) is 0 Å². The number of hydrogen-bond donors (Lipinski definition) is 1. The molecule has 25 heavy (non-hydrogen) atoms. The third kappa shape index (κ3) is 4.72. The maximum absolute atomic E-state index is 12.6. The van der Waals surface area contributed by atoms with Crippen molar-refractivity contribution in [1.82, 2.24) is 10.2 Å². The molecule has 0 radical (unpaired) electrons. The molecule has 2 saturated heterocycles. The molecule has 0 aromatic heterocycles. The number of piperazine rings is 1. The molecule has 0 atom stereocenters. The van der Waals surface area contributed by atoms with E-state index in [9.17, 15) is 9.59 Å². The molecule has 6 heteroatoms. The van der Waals surface area contributed by atoms with Crippen LogP contribution >= 0.6 is 0 Å². The summed E-state index contributed by atoms with van der Waals surface area (Å²) in [4.78, 5) is 27.8. The molecule has 0 unspecified atom stereocenters. The Kier molecular flexibility index (Phi) is 5.91. The van der Waals surface area contributed by atoms with Crippen LogP contribution in [0.1, 0.15) is 25.3 Å². The maximum Gasteiger partial charge on any atom is 0.302 e. The first-order valence-corrected chi connectivity index (χ1v) is 9.08. The van der Waals surface area contributed by atoms with Crippen molar-refractivity contribution in [1.29, 1.82) is 0 Å². The summed E-state index contributed by atoms with van der Waals surface area (Å²) in [6, 6.07) is 7.83. The number of carbonyl (C=O) groups is 2. The summed E-state index contributed by atoms with van der Waals surface area (Å²) >= 11 is 0. The molecule has 1 N–H and O–H groups in total. The van der Waals surface area contributed by atoms with Gasteiger partial charge in [-0.2, -0.15) is 0 Å². The number of amides is 1. The summed E-state index contributed by atoms with van der Waals surface area (Å²) in [7, 11) is 0. The third-order valence-electron chi connectivity index (χ3n) is 5.02. The zero-order valence-corrected chi connectivity index (χ0v) is 14.9. The van der Waals surface area contributed by atoms with Gasteiger partial charge in [-0.1, -0.05) is 18.2 Å². The molecule has 1 amide bonds. The lowest BCUT2D eigenvalue weighted by molar-refractivity contribution is -0.142. The number of rotatable bonds is 5. The molecular formula is C19H27N3O3.